The van der Waals surface area contributed by atoms with Crippen molar-refractivity contribution in [1.29, 1.82) is 0 Å². The van der Waals surface area contributed by atoms with Crippen LogP contribution in [0.4, 0.5) is 13.2 Å². The Labute approximate surface area is 154 Å². The molecule has 0 bridgehead atoms. The molecule has 0 aromatic carbocycles. The quantitative estimate of drug-likeness (QED) is 0.675. The van der Waals surface area contributed by atoms with Gasteiger partial charge in [0.05, 0.1) is 24.7 Å². The van der Waals surface area contributed by atoms with E-state index in [9.17, 15) is 22.8 Å². The lowest BCUT2D eigenvalue weighted by atomic mass is 9.85. The number of carboxylic acids is 1. The average Bonchev–Trinajstić information content (AvgIpc) is 3.20. The maximum Gasteiger partial charge on any atom is 0.390 e. The molecule has 2 N–H and O–H groups in total. The van der Waals surface area contributed by atoms with Crippen molar-refractivity contribution < 1.29 is 27.9 Å². The lowest BCUT2D eigenvalue weighted by molar-refractivity contribution is -0.140. The monoisotopic (exact) mass is 388 g/mol. The van der Waals surface area contributed by atoms with Crippen LogP contribution >= 0.6 is 0 Å². The number of carboxylic acid groups (broad SMARTS) is 1. The molecule has 1 heterocycles. The predicted molar refractivity (Wildman–Crippen MR) is 89.1 cm³/mol. The molecule has 2 aliphatic carbocycles. The minimum atomic E-state index is -4.27. The van der Waals surface area contributed by atoms with Crippen LogP contribution in [0.1, 0.15) is 42.5 Å². The van der Waals surface area contributed by atoms with E-state index in [0.717, 1.165) is 24.1 Å². The summed E-state index contributed by atoms with van der Waals surface area (Å²) in [6, 6.07) is 0.0815. The van der Waals surface area contributed by atoms with Gasteiger partial charge in [-0.15, -0.1) is 0 Å². The number of carbonyl (C=O) groups excluding carboxylic acids is 1. The number of aryl methyl sites for hydroxylation is 1. The van der Waals surface area contributed by atoms with Gasteiger partial charge in [-0.25, -0.2) is 0 Å². The molecule has 7 nitrogen and oxygen atoms in total. The SMILES string of the molecule is O=C(O)CN(CC1CC1)C1CC(NC(=O)c2cnn(CCC(F)(F)F)c2)C1. The molecule has 0 saturated heterocycles. The highest BCUT2D eigenvalue weighted by atomic mass is 19.4. The topological polar surface area (TPSA) is 87.5 Å². The van der Waals surface area contributed by atoms with Gasteiger partial charge in [0.1, 0.15) is 0 Å². The second-order valence-corrected chi connectivity index (χ2v) is 7.42. The van der Waals surface area contributed by atoms with Crippen molar-refractivity contribution in [3.8, 4) is 0 Å². The standard InChI is InChI=1S/C17H23F3N4O3/c18-17(19,20)3-4-24-9-12(7-21-24)16(27)22-13-5-14(6-13)23(10-15(25)26)8-11-1-2-11/h7,9,11,13-14H,1-6,8,10H2,(H,22,27)(H,25,26). The molecule has 2 saturated carbocycles. The molecule has 10 heteroatoms. The maximum absolute atomic E-state index is 12.2. The third-order valence-electron chi connectivity index (χ3n) is 5.01. The third-order valence-corrected chi connectivity index (χ3v) is 5.01. The van der Waals surface area contributed by atoms with Crippen molar-refractivity contribution in [2.45, 2.75) is 56.9 Å². The van der Waals surface area contributed by atoms with Gasteiger partial charge in [-0.05, 0) is 31.6 Å². The molecule has 3 rings (SSSR count). The fourth-order valence-electron chi connectivity index (χ4n) is 3.27. The molecule has 2 fully saturated rings. The molecule has 0 unspecified atom stereocenters. The molecule has 0 atom stereocenters. The number of alkyl halides is 3. The summed E-state index contributed by atoms with van der Waals surface area (Å²) in [5, 5.41) is 15.7. The van der Waals surface area contributed by atoms with E-state index in [-0.39, 0.29) is 36.6 Å². The summed E-state index contributed by atoms with van der Waals surface area (Å²) in [6.45, 7) is 0.463. The van der Waals surface area contributed by atoms with Crippen molar-refractivity contribution >= 4 is 11.9 Å². The van der Waals surface area contributed by atoms with Gasteiger partial charge < -0.3 is 10.4 Å². The Hall–Kier alpha value is -2.10. The zero-order chi connectivity index (χ0) is 19.6. The minimum Gasteiger partial charge on any atom is -0.480 e. The molecule has 1 amide bonds. The molecular weight excluding hydrogens is 365 g/mol. The van der Waals surface area contributed by atoms with Crippen LogP contribution in [0.5, 0.6) is 0 Å². The van der Waals surface area contributed by atoms with Crippen LogP contribution in [0.15, 0.2) is 12.4 Å². The summed E-state index contributed by atoms with van der Waals surface area (Å²) in [6.07, 6.45) is 0.926. The van der Waals surface area contributed by atoms with Gasteiger partial charge in [-0.1, -0.05) is 0 Å². The van der Waals surface area contributed by atoms with Gasteiger partial charge >= 0.3 is 12.1 Å². The Bertz CT molecular complexity index is 681. The van der Waals surface area contributed by atoms with Crippen LogP contribution in [0.25, 0.3) is 0 Å². The highest BCUT2D eigenvalue weighted by Crippen LogP contribution is 2.33. The van der Waals surface area contributed by atoms with E-state index in [2.05, 4.69) is 10.4 Å². The van der Waals surface area contributed by atoms with E-state index in [1.807, 2.05) is 4.90 Å². The van der Waals surface area contributed by atoms with Crippen molar-refractivity contribution in [3.63, 3.8) is 0 Å². The molecule has 0 aliphatic heterocycles. The normalized spacial score (nSPS) is 22.5. The first-order valence-corrected chi connectivity index (χ1v) is 9.05. The summed E-state index contributed by atoms with van der Waals surface area (Å²) in [5.74, 6) is -0.640. The first kappa shape index (κ1) is 19.7. The molecule has 0 spiro atoms. The van der Waals surface area contributed by atoms with Gasteiger partial charge in [0.15, 0.2) is 0 Å². The number of hydrogen-bond donors (Lipinski definition) is 2. The first-order chi connectivity index (χ1) is 12.7. The maximum atomic E-state index is 12.2. The van der Waals surface area contributed by atoms with Crippen LogP contribution in [-0.4, -0.2) is 63.0 Å². The summed E-state index contributed by atoms with van der Waals surface area (Å²) in [5.41, 5.74) is 0.223. The van der Waals surface area contributed by atoms with Crippen LogP contribution in [0.2, 0.25) is 0 Å². The fourth-order valence-corrected chi connectivity index (χ4v) is 3.27. The number of nitrogens with zero attached hydrogens (tertiary/aromatic N) is 3. The summed E-state index contributed by atoms with van der Waals surface area (Å²) in [4.78, 5) is 25.2. The number of hydrogen-bond acceptors (Lipinski definition) is 4. The Balaban J connectivity index is 1.44. The minimum absolute atomic E-state index is 0.00775. The summed E-state index contributed by atoms with van der Waals surface area (Å²) < 4.78 is 37.8. The number of aliphatic carboxylic acids is 1. The number of rotatable bonds is 9. The zero-order valence-electron chi connectivity index (χ0n) is 14.8. The molecule has 150 valence electrons. The Morgan fingerprint density at radius 1 is 1.33 bits per heavy atom. The molecule has 1 aromatic heterocycles. The zero-order valence-corrected chi connectivity index (χ0v) is 14.8. The molecule has 27 heavy (non-hydrogen) atoms. The second-order valence-electron chi connectivity index (χ2n) is 7.42. The Morgan fingerprint density at radius 2 is 2.04 bits per heavy atom. The third kappa shape index (κ3) is 5.95. The van der Waals surface area contributed by atoms with Crippen molar-refractivity contribution in [3.05, 3.63) is 18.0 Å². The van der Waals surface area contributed by atoms with E-state index < -0.39 is 18.6 Å². The molecule has 0 radical (unpaired) electrons. The van der Waals surface area contributed by atoms with E-state index in [1.54, 1.807) is 0 Å². The van der Waals surface area contributed by atoms with Crippen molar-refractivity contribution in [2.75, 3.05) is 13.1 Å². The Morgan fingerprint density at radius 3 is 2.63 bits per heavy atom. The van der Waals surface area contributed by atoms with Gasteiger partial charge in [0.2, 0.25) is 0 Å². The number of carbonyl (C=O) groups is 2. The summed E-state index contributed by atoms with van der Waals surface area (Å²) >= 11 is 0. The van der Waals surface area contributed by atoms with E-state index in [4.69, 9.17) is 5.11 Å². The Kier molecular flexibility index (Phi) is 5.73. The lowest BCUT2D eigenvalue weighted by Crippen LogP contribution is -2.55. The number of amides is 1. The average molecular weight is 388 g/mol. The van der Waals surface area contributed by atoms with Crippen molar-refractivity contribution in [1.82, 2.24) is 20.0 Å². The molecule has 2 aliphatic rings. The van der Waals surface area contributed by atoms with Gasteiger partial charge in [-0.3, -0.25) is 19.2 Å². The van der Waals surface area contributed by atoms with Crippen LogP contribution in [0.3, 0.4) is 0 Å². The fraction of sp³-hybridized carbons (Fsp3) is 0.706. The number of halogens is 3. The summed E-state index contributed by atoms with van der Waals surface area (Å²) in [7, 11) is 0. The first-order valence-electron chi connectivity index (χ1n) is 9.05. The smallest absolute Gasteiger partial charge is 0.390 e. The molecular formula is C17H23F3N4O3. The largest absolute Gasteiger partial charge is 0.480 e. The number of nitrogens with one attached hydrogen (secondary N) is 1. The highest BCUT2D eigenvalue weighted by molar-refractivity contribution is 5.93. The van der Waals surface area contributed by atoms with Gasteiger partial charge in [0, 0.05) is 31.4 Å². The van der Waals surface area contributed by atoms with E-state index in [1.165, 1.54) is 12.4 Å². The van der Waals surface area contributed by atoms with Gasteiger partial charge in [0.25, 0.3) is 5.91 Å². The van der Waals surface area contributed by atoms with Crippen molar-refractivity contribution in [2.24, 2.45) is 5.92 Å². The second kappa shape index (κ2) is 7.87. The van der Waals surface area contributed by atoms with E-state index in [0.29, 0.717) is 18.8 Å². The van der Waals surface area contributed by atoms with Crippen LogP contribution < -0.4 is 5.32 Å². The highest BCUT2D eigenvalue weighted by Gasteiger charge is 2.38. The van der Waals surface area contributed by atoms with Gasteiger partial charge in [-0.2, -0.15) is 18.3 Å². The lowest BCUT2D eigenvalue weighted by Gasteiger charge is -2.42. The van der Waals surface area contributed by atoms with Crippen LogP contribution in [-0.2, 0) is 11.3 Å². The molecule has 1 aromatic rings. The van der Waals surface area contributed by atoms with Crippen LogP contribution in [0, 0.1) is 5.92 Å². The number of aromatic nitrogens is 2. The van der Waals surface area contributed by atoms with E-state index >= 15 is 0 Å². The predicted octanol–water partition coefficient (Wildman–Crippen LogP) is 1.89.